The molecule has 3 aromatic carbocycles. The fraction of sp³-hybridized carbons (Fsp3) is 0.0909. The number of rotatable bonds is 6. The third-order valence-electron chi connectivity index (χ3n) is 3.99. The smallest absolute Gasteiger partial charge is 0.258 e. The normalized spacial score (nSPS) is 10.3. The van der Waals surface area contributed by atoms with Gasteiger partial charge in [-0.3, -0.25) is 4.79 Å². The summed E-state index contributed by atoms with van der Waals surface area (Å²) in [7, 11) is 0. The molecule has 0 unspecified atom stereocenters. The van der Waals surface area contributed by atoms with Crippen LogP contribution >= 0.6 is 11.6 Å². The minimum absolute atomic E-state index is 0.179. The zero-order valence-corrected chi connectivity index (χ0v) is 15.2. The topological polar surface area (TPSA) is 62.1 Å². The maximum atomic E-state index is 12.5. The number of hydrogen-bond donors (Lipinski definition) is 1. The number of carbonyl (C=O) groups is 1. The van der Waals surface area contributed by atoms with Gasteiger partial charge in [0.05, 0.1) is 22.7 Å². The first kappa shape index (κ1) is 18.5. The number of halogens is 1. The van der Waals surface area contributed by atoms with Gasteiger partial charge < -0.3 is 10.1 Å². The summed E-state index contributed by atoms with van der Waals surface area (Å²) >= 11 is 6.08. The Morgan fingerprint density at radius 2 is 1.59 bits per heavy atom. The van der Waals surface area contributed by atoms with Gasteiger partial charge in [0.2, 0.25) is 0 Å². The van der Waals surface area contributed by atoms with Crippen molar-refractivity contribution in [3.8, 4) is 11.8 Å². The van der Waals surface area contributed by atoms with E-state index in [9.17, 15) is 4.79 Å². The van der Waals surface area contributed by atoms with Crippen molar-refractivity contribution in [2.75, 3.05) is 6.61 Å². The van der Waals surface area contributed by atoms with E-state index in [-0.39, 0.29) is 18.6 Å². The Bertz CT molecular complexity index is 914. The Balaban J connectivity index is 1.71. The molecule has 0 spiro atoms. The van der Waals surface area contributed by atoms with E-state index in [1.54, 1.807) is 12.1 Å². The molecule has 3 rings (SSSR count). The molecule has 5 heteroatoms. The zero-order chi connectivity index (χ0) is 19.1. The van der Waals surface area contributed by atoms with Gasteiger partial charge in [0.1, 0.15) is 5.75 Å². The Labute approximate surface area is 163 Å². The lowest BCUT2D eigenvalue weighted by Crippen LogP contribution is -2.33. The SMILES string of the molecule is N#Cc1ccc(OCC(=O)NC(c2ccccc2)c2ccccc2)c(Cl)c1. The van der Waals surface area contributed by atoms with E-state index in [2.05, 4.69) is 5.32 Å². The van der Waals surface area contributed by atoms with Gasteiger partial charge >= 0.3 is 0 Å². The highest BCUT2D eigenvalue weighted by atomic mass is 35.5. The first-order chi connectivity index (χ1) is 13.2. The van der Waals surface area contributed by atoms with E-state index in [4.69, 9.17) is 21.6 Å². The van der Waals surface area contributed by atoms with Crippen molar-refractivity contribution in [1.29, 1.82) is 5.26 Å². The maximum absolute atomic E-state index is 12.5. The van der Waals surface area contributed by atoms with Crippen LogP contribution in [-0.2, 0) is 4.79 Å². The molecule has 0 aliphatic carbocycles. The van der Waals surface area contributed by atoms with Crippen LogP contribution in [0.25, 0.3) is 0 Å². The fourth-order valence-electron chi connectivity index (χ4n) is 2.68. The third-order valence-corrected chi connectivity index (χ3v) is 4.29. The molecule has 0 saturated heterocycles. The van der Waals surface area contributed by atoms with Crippen LogP contribution in [-0.4, -0.2) is 12.5 Å². The summed E-state index contributed by atoms with van der Waals surface area (Å²) in [4.78, 5) is 12.5. The van der Waals surface area contributed by atoms with E-state index in [0.29, 0.717) is 16.3 Å². The summed E-state index contributed by atoms with van der Waals surface area (Å²) in [6, 6.07) is 25.9. The highest BCUT2D eigenvalue weighted by Crippen LogP contribution is 2.25. The first-order valence-corrected chi connectivity index (χ1v) is 8.77. The monoisotopic (exact) mass is 376 g/mol. The number of hydrogen-bond acceptors (Lipinski definition) is 3. The van der Waals surface area contributed by atoms with Crippen LogP contribution in [0.5, 0.6) is 5.75 Å². The van der Waals surface area contributed by atoms with Crippen molar-refractivity contribution in [1.82, 2.24) is 5.32 Å². The molecule has 4 nitrogen and oxygen atoms in total. The van der Waals surface area contributed by atoms with Gasteiger partial charge in [0, 0.05) is 0 Å². The van der Waals surface area contributed by atoms with Gasteiger partial charge in [-0.15, -0.1) is 0 Å². The minimum Gasteiger partial charge on any atom is -0.482 e. The number of nitrogens with zero attached hydrogens (tertiary/aromatic N) is 1. The summed E-state index contributed by atoms with van der Waals surface area (Å²) in [5, 5.41) is 12.2. The van der Waals surface area contributed by atoms with Gasteiger partial charge in [0.25, 0.3) is 5.91 Å². The molecule has 0 radical (unpaired) electrons. The van der Waals surface area contributed by atoms with Gasteiger partial charge in [-0.25, -0.2) is 0 Å². The van der Waals surface area contributed by atoms with Crippen molar-refractivity contribution < 1.29 is 9.53 Å². The van der Waals surface area contributed by atoms with Crippen LogP contribution < -0.4 is 10.1 Å². The summed E-state index contributed by atoms with van der Waals surface area (Å²) < 4.78 is 5.52. The van der Waals surface area contributed by atoms with Crippen molar-refractivity contribution >= 4 is 17.5 Å². The molecule has 0 atom stereocenters. The van der Waals surface area contributed by atoms with Crippen LogP contribution in [0.1, 0.15) is 22.7 Å². The molecule has 0 saturated carbocycles. The summed E-state index contributed by atoms with van der Waals surface area (Å²) in [5.74, 6) is 0.0925. The number of carbonyl (C=O) groups excluding carboxylic acids is 1. The highest BCUT2D eigenvalue weighted by Gasteiger charge is 2.17. The Morgan fingerprint density at radius 3 is 2.11 bits per heavy atom. The molecule has 27 heavy (non-hydrogen) atoms. The summed E-state index contributed by atoms with van der Waals surface area (Å²) in [6.07, 6.45) is 0. The summed E-state index contributed by atoms with van der Waals surface area (Å²) in [5.41, 5.74) is 2.40. The summed E-state index contributed by atoms with van der Waals surface area (Å²) in [6.45, 7) is -0.179. The molecule has 1 amide bonds. The van der Waals surface area contributed by atoms with Gasteiger partial charge in [0.15, 0.2) is 6.61 Å². The van der Waals surface area contributed by atoms with Crippen molar-refractivity contribution in [2.24, 2.45) is 0 Å². The second-order valence-electron chi connectivity index (χ2n) is 5.87. The predicted molar refractivity (Wildman–Crippen MR) is 105 cm³/mol. The third kappa shape index (κ3) is 4.87. The lowest BCUT2D eigenvalue weighted by atomic mass is 9.99. The highest BCUT2D eigenvalue weighted by molar-refractivity contribution is 6.32. The Morgan fingerprint density at radius 1 is 1.00 bits per heavy atom. The van der Waals surface area contributed by atoms with Crippen LogP contribution in [0.4, 0.5) is 0 Å². The first-order valence-electron chi connectivity index (χ1n) is 8.39. The number of nitrogens with one attached hydrogen (secondary N) is 1. The minimum atomic E-state index is -0.278. The average Bonchev–Trinajstić information content (AvgIpc) is 2.72. The molecule has 0 aromatic heterocycles. The predicted octanol–water partition coefficient (Wildman–Crippen LogP) is 4.50. The van der Waals surface area contributed by atoms with Crippen LogP contribution in [0, 0.1) is 11.3 Å². The van der Waals surface area contributed by atoms with Gasteiger partial charge in [-0.1, -0.05) is 72.3 Å². The van der Waals surface area contributed by atoms with E-state index in [1.807, 2.05) is 66.7 Å². The second kappa shape index (κ2) is 8.88. The largest absolute Gasteiger partial charge is 0.482 e. The Hall–Kier alpha value is -3.29. The van der Waals surface area contributed by atoms with Gasteiger partial charge in [-0.2, -0.15) is 5.26 Å². The number of amides is 1. The van der Waals surface area contributed by atoms with E-state index in [1.165, 1.54) is 6.07 Å². The fourth-order valence-corrected chi connectivity index (χ4v) is 2.92. The molecule has 0 aliphatic rings. The molecule has 134 valence electrons. The molecule has 3 aromatic rings. The zero-order valence-electron chi connectivity index (χ0n) is 14.4. The molecule has 0 aliphatic heterocycles. The average molecular weight is 377 g/mol. The van der Waals surface area contributed by atoms with Gasteiger partial charge in [-0.05, 0) is 29.3 Å². The molecule has 0 bridgehead atoms. The Kier molecular flexibility index (Phi) is 6.09. The maximum Gasteiger partial charge on any atom is 0.258 e. The molecular formula is C22H17ClN2O2. The van der Waals surface area contributed by atoms with Crippen molar-refractivity contribution in [3.63, 3.8) is 0 Å². The number of ether oxygens (including phenoxy) is 1. The lowest BCUT2D eigenvalue weighted by molar-refractivity contribution is -0.123. The van der Waals surface area contributed by atoms with Crippen molar-refractivity contribution in [2.45, 2.75) is 6.04 Å². The van der Waals surface area contributed by atoms with Crippen molar-refractivity contribution in [3.05, 3.63) is 101 Å². The molecule has 0 heterocycles. The second-order valence-corrected chi connectivity index (χ2v) is 6.27. The molecule has 1 N–H and O–H groups in total. The van der Waals surface area contributed by atoms with Crippen LogP contribution in [0.3, 0.4) is 0 Å². The van der Waals surface area contributed by atoms with E-state index < -0.39 is 0 Å². The molecule has 0 fully saturated rings. The molecular weight excluding hydrogens is 360 g/mol. The standard InChI is InChI=1S/C22H17ClN2O2/c23-19-13-16(14-24)11-12-20(19)27-15-21(26)25-22(17-7-3-1-4-8-17)18-9-5-2-6-10-18/h1-13,22H,15H2,(H,25,26). The van der Waals surface area contributed by atoms with E-state index in [0.717, 1.165) is 11.1 Å². The van der Waals surface area contributed by atoms with E-state index >= 15 is 0 Å². The van der Waals surface area contributed by atoms with Crippen LogP contribution in [0.15, 0.2) is 78.9 Å². The number of nitriles is 1. The number of benzene rings is 3. The van der Waals surface area contributed by atoms with Crippen LogP contribution in [0.2, 0.25) is 5.02 Å². The quantitative estimate of drug-likeness (QED) is 0.689. The lowest BCUT2D eigenvalue weighted by Gasteiger charge is -2.20.